The van der Waals surface area contributed by atoms with E-state index in [0.29, 0.717) is 3.92 Å². The number of unbranched alkanes of at least 4 members (excludes halogenated alkanes) is 10. The Hall–Kier alpha value is -0.250. The molecule has 1 aromatic rings. The van der Waals surface area contributed by atoms with E-state index < -0.39 is 0 Å². The van der Waals surface area contributed by atoms with Gasteiger partial charge in [0.2, 0.25) is 0 Å². The average molecular weight is 415 g/mol. The minimum Gasteiger partial charge on any atom is -0.399 e. The summed E-state index contributed by atoms with van der Waals surface area (Å²) in [5.74, 6) is 0. The van der Waals surface area contributed by atoms with Crippen molar-refractivity contribution in [3.63, 3.8) is 0 Å². The molecule has 1 unspecified atom stereocenters. The fourth-order valence-electron chi connectivity index (χ4n) is 2.86. The Morgan fingerprint density at radius 1 is 0.773 bits per heavy atom. The molecule has 1 atom stereocenters. The monoisotopic (exact) mass is 415 g/mol. The van der Waals surface area contributed by atoms with Gasteiger partial charge in [0.1, 0.15) is 0 Å². The van der Waals surface area contributed by atoms with Crippen LogP contribution >= 0.6 is 22.6 Å². The van der Waals surface area contributed by atoms with E-state index >= 15 is 0 Å². The molecular weight excluding hydrogens is 381 g/mol. The third kappa shape index (κ3) is 9.70. The van der Waals surface area contributed by atoms with Gasteiger partial charge in [0.15, 0.2) is 0 Å². The van der Waals surface area contributed by atoms with Crippen molar-refractivity contribution in [1.29, 1.82) is 0 Å². The van der Waals surface area contributed by atoms with Crippen LogP contribution in [0.5, 0.6) is 0 Å². The molecule has 0 spiro atoms. The Labute approximate surface area is 151 Å². The highest BCUT2D eigenvalue weighted by Gasteiger charge is 2.06. The lowest BCUT2D eigenvalue weighted by atomic mass is 10.0. The largest absolute Gasteiger partial charge is 0.399 e. The number of alkyl halides is 1. The van der Waals surface area contributed by atoms with Crippen LogP contribution in [0.2, 0.25) is 0 Å². The zero-order chi connectivity index (χ0) is 16.0. The predicted octanol–water partition coefficient (Wildman–Crippen LogP) is 7.45. The number of rotatable bonds is 13. The maximum atomic E-state index is 5.74. The molecule has 22 heavy (non-hydrogen) atoms. The zero-order valence-electron chi connectivity index (χ0n) is 14.3. The fourth-order valence-corrected chi connectivity index (χ4v) is 3.71. The quantitative estimate of drug-likeness (QED) is 0.154. The van der Waals surface area contributed by atoms with Crippen LogP contribution in [0.3, 0.4) is 0 Å². The molecule has 2 heteroatoms. The summed E-state index contributed by atoms with van der Waals surface area (Å²) in [7, 11) is 0. The van der Waals surface area contributed by atoms with Gasteiger partial charge in [0, 0.05) is 9.61 Å². The number of halogens is 1. The first-order chi connectivity index (χ1) is 10.7. The van der Waals surface area contributed by atoms with E-state index in [0.717, 1.165) is 5.69 Å². The lowest BCUT2D eigenvalue weighted by Gasteiger charge is -2.10. The van der Waals surface area contributed by atoms with Crippen molar-refractivity contribution in [3.8, 4) is 0 Å². The molecular formula is C20H34IN. The van der Waals surface area contributed by atoms with Crippen LogP contribution in [0.15, 0.2) is 24.3 Å². The summed E-state index contributed by atoms with van der Waals surface area (Å²) >= 11 is 2.57. The van der Waals surface area contributed by atoms with E-state index in [-0.39, 0.29) is 0 Å². The molecule has 0 saturated heterocycles. The molecule has 0 saturated carbocycles. The van der Waals surface area contributed by atoms with Crippen LogP contribution in [0, 0.1) is 0 Å². The van der Waals surface area contributed by atoms with Crippen LogP contribution < -0.4 is 5.73 Å². The first-order valence-corrected chi connectivity index (χ1v) is 10.5. The minimum absolute atomic E-state index is 0.636. The van der Waals surface area contributed by atoms with E-state index in [9.17, 15) is 0 Å². The van der Waals surface area contributed by atoms with Gasteiger partial charge in [-0.25, -0.2) is 0 Å². The topological polar surface area (TPSA) is 26.0 Å². The first kappa shape index (κ1) is 19.8. The lowest BCUT2D eigenvalue weighted by Crippen LogP contribution is -1.92. The van der Waals surface area contributed by atoms with E-state index in [4.69, 9.17) is 5.73 Å². The summed E-state index contributed by atoms with van der Waals surface area (Å²) in [6, 6.07) is 8.37. The Bertz CT molecular complexity index is 360. The normalized spacial score (nSPS) is 12.5. The molecule has 0 aliphatic heterocycles. The highest BCUT2D eigenvalue weighted by atomic mass is 127. The fraction of sp³-hybridized carbons (Fsp3) is 0.700. The van der Waals surface area contributed by atoms with Crippen molar-refractivity contribution in [3.05, 3.63) is 29.8 Å². The third-order valence-corrected chi connectivity index (χ3v) is 5.70. The Morgan fingerprint density at radius 3 is 1.73 bits per heavy atom. The number of anilines is 1. The molecule has 0 radical (unpaired) electrons. The SMILES string of the molecule is CCCCCCCCCCCCCC(I)c1ccc(N)cc1. The number of hydrogen-bond acceptors (Lipinski definition) is 1. The maximum Gasteiger partial charge on any atom is 0.0359 e. The van der Waals surface area contributed by atoms with E-state index in [1.54, 1.807) is 0 Å². The molecule has 0 aromatic heterocycles. The zero-order valence-corrected chi connectivity index (χ0v) is 16.5. The van der Waals surface area contributed by atoms with Crippen molar-refractivity contribution in [1.82, 2.24) is 0 Å². The van der Waals surface area contributed by atoms with Gasteiger partial charge in [-0.2, -0.15) is 0 Å². The van der Waals surface area contributed by atoms with Gasteiger partial charge >= 0.3 is 0 Å². The van der Waals surface area contributed by atoms with Gasteiger partial charge in [-0.1, -0.05) is 112 Å². The van der Waals surface area contributed by atoms with Gasteiger partial charge in [0.25, 0.3) is 0 Å². The summed E-state index contributed by atoms with van der Waals surface area (Å²) in [5, 5.41) is 0. The average Bonchev–Trinajstić information content (AvgIpc) is 2.53. The smallest absolute Gasteiger partial charge is 0.0359 e. The second-order valence-electron chi connectivity index (χ2n) is 6.46. The predicted molar refractivity (Wildman–Crippen MR) is 109 cm³/mol. The summed E-state index contributed by atoms with van der Waals surface area (Å²) in [5.41, 5.74) is 8.02. The maximum absolute atomic E-state index is 5.74. The standard InChI is InChI=1S/C20H34IN/c1-2-3-4-5-6-7-8-9-10-11-12-13-20(21)18-14-16-19(22)17-15-18/h14-17,20H,2-13,22H2,1H3. The molecule has 1 nitrogen and oxygen atoms in total. The molecule has 0 aliphatic rings. The molecule has 126 valence electrons. The Kier molecular flexibility index (Phi) is 11.9. The van der Waals surface area contributed by atoms with Crippen molar-refractivity contribution in [2.75, 3.05) is 5.73 Å². The Balaban J connectivity index is 1.92. The number of nitrogens with two attached hydrogens (primary N) is 1. The van der Waals surface area contributed by atoms with Gasteiger partial charge in [-0.3, -0.25) is 0 Å². The highest BCUT2D eigenvalue weighted by Crippen LogP contribution is 2.29. The molecule has 2 N–H and O–H groups in total. The van der Waals surface area contributed by atoms with Crippen LogP contribution in [0.25, 0.3) is 0 Å². The molecule has 1 rings (SSSR count). The van der Waals surface area contributed by atoms with Crippen LogP contribution in [0.4, 0.5) is 5.69 Å². The summed E-state index contributed by atoms with van der Waals surface area (Å²) < 4.78 is 0.636. The van der Waals surface area contributed by atoms with Crippen molar-refractivity contribution >= 4 is 28.3 Å². The summed E-state index contributed by atoms with van der Waals surface area (Å²) in [6.07, 6.45) is 16.9. The van der Waals surface area contributed by atoms with Crippen LogP contribution in [-0.2, 0) is 0 Å². The number of benzene rings is 1. The second-order valence-corrected chi connectivity index (χ2v) is 7.96. The van der Waals surface area contributed by atoms with Gasteiger partial charge in [-0.05, 0) is 24.1 Å². The van der Waals surface area contributed by atoms with Gasteiger partial charge in [-0.15, -0.1) is 0 Å². The first-order valence-electron chi connectivity index (χ1n) is 9.23. The third-order valence-electron chi connectivity index (χ3n) is 4.36. The molecule has 1 aromatic carbocycles. The van der Waals surface area contributed by atoms with Crippen molar-refractivity contribution < 1.29 is 0 Å². The molecule has 0 aliphatic carbocycles. The Morgan fingerprint density at radius 2 is 1.23 bits per heavy atom. The molecule has 0 fully saturated rings. The van der Waals surface area contributed by atoms with Crippen molar-refractivity contribution in [2.45, 2.75) is 87.9 Å². The second kappa shape index (κ2) is 13.2. The summed E-state index contributed by atoms with van der Waals surface area (Å²) in [6.45, 7) is 2.29. The minimum atomic E-state index is 0.636. The van der Waals surface area contributed by atoms with E-state index in [2.05, 4.69) is 41.6 Å². The van der Waals surface area contributed by atoms with Gasteiger partial charge in [0.05, 0.1) is 0 Å². The van der Waals surface area contributed by atoms with Crippen LogP contribution in [-0.4, -0.2) is 0 Å². The highest BCUT2D eigenvalue weighted by molar-refractivity contribution is 14.1. The summed E-state index contributed by atoms with van der Waals surface area (Å²) in [4.78, 5) is 0. The number of nitrogen functional groups attached to an aromatic ring is 1. The van der Waals surface area contributed by atoms with Crippen molar-refractivity contribution in [2.24, 2.45) is 0 Å². The van der Waals surface area contributed by atoms with Gasteiger partial charge < -0.3 is 5.73 Å². The van der Waals surface area contributed by atoms with Crippen LogP contribution in [0.1, 0.15) is 93.5 Å². The van der Waals surface area contributed by atoms with E-state index in [1.165, 1.54) is 82.6 Å². The molecule has 0 amide bonds. The molecule has 0 bridgehead atoms. The lowest BCUT2D eigenvalue weighted by molar-refractivity contribution is 0.544. The number of hydrogen-bond donors (Lipinski definition) is 1. The molecule has 0 heterocycles. The van der Waals surface area contributed by atoms with E-state index in [1.807, 2.05) is 12.1 Å².